The molecule has 2 rings (SSSR count). The van der Waals surface area contributed by atoms with Gasteiger partial charge in [-0.25, -0.2) is 4.98 Å². The summed E-state index contributed by atoms with van der Waals surface area (Å²) in [7, 11) is 1.70. The van der Waals surface area contributed by atoms with Crippen LogP contribution in [0, 0.1) is 13.8 Å². The molecule has 0 aromatic carbocycles. The Balaban J connectivity index is 2.05. The molecule has 0 fully saturated rings. The second kappa shape index (κ2) is 4.40. The number of nitrogens with one attached hydrogen (secondary N) is 1. The first kappa shape index (κ1) is 11.4. The predicted octanol–water partition coefficient (Wildman–Crippen LogP) is 1.29. The van der Waals surface area contributed by atoms with Gasteiger partial charge in [0.2, 0.25) is 0 Å². The number of carbonyl (C=O) groups is 1. The summed E-state index contributed by atoms with van der Waals surface area (Å²) >= 11 is 0. The number of aromatic amines is 1. The van der Waals surface area contributed by atoms with E-state index in [1.165, 1.54) is 4.90 Å². The molecule has 0 atom stereocenters. The van der Waals surface area contributed by atoms with Crippen LogP contribution < -0.4 is 0 Å². The van der Waals surface area contributed by atoms with Crippen molar-refractivity contribution in [1.82, 2.24) is 20.0 Å². The fraction of sp³-hybridized carbons (Fsp3) is 0.364. The van der Waals surface area contributed by atoms with Crippen molar-refractivity contribution in [3.8, 4) is 0 Å². The first-order valence-electron chi connectivity index (χ1n) is 5.25. The topological polar surface area (TPSA) is 75.0 Å². The van der Waals surface area contributed by atoms with Crippen molar-refractivity contribution in [1.29, 1.82) is 0 Å². The zero-order valence-electron chi connectivity index (χ0n) is 10.0. The van der Waals surface area contributed by atoms with Crippen LogP contribution in [-0.4, -0.2) is 33.0 Å². The molecule has 2 aromatic heterocycles. The summed E-state index contributed by atoms with van der Waals surface area (Å²) in [6.07, 6.45) is 1.63. The third kappa shape index (κ3) is 2.52. The van der Waals surface area contributed by atoms with E-state index in [4.69, 9.17) is 4.52 Å². The van der Waals surface area contributed by atoms with Crippen molar-refractivity contribution in [3.05, 3.63) is 35.2 Å². The number of H-pyrrole nitrogens is 1. The standard InChI is InChI=1S/C11H14N4O2/c1-7-5-12-10(13-7)11(16)15(3)6-9-4-8(2)17-14-9/h4-5H,6H2,1-3H3,(H,12,13). The molecule has 0 radical (unpaired) electrons. The van der Waals surface area contributed by atoms with E-state index in [2.05, 4.69) is 15.1 Å². The van der Waals surface area contributed by atoms with Crippen molar-refractivity contribution in [2.24, 2.45) is 0 Å². The van der Waals surface area contributed by atoms with E-state index in [0.29, 0.717) is 12.4 Å². The molecule has 90 valence electrons. The first-order valence-corrected chi connectivity index (χ1v) is 5.25. The van der Waals surface area contributed by atoms with E-state index in [9.17, 15) is 4.79 Å². The van der Waals surface area contributed by atoms with Crippen molar-refractivity contribution in [2.45, 2.75) is 20.4 Å². The Kier molecular flexibility index (Phi) is 2.95. The minimum atomic E-state index is -0.168. The second-order valence-electron chi connectivity index (χ2n) is 4.00. The molecule has 1 amide bonds. The highest BCUT2D eigenvalue weighted by Gasteiger charge is 2.16. The highest BCUT2D eigenvalue weighted by Crippen LogP contribution is 2.07. The van der Waals surface area contributed by atoms with Crippen LogP contribution in [0.1, 0.15) is 27.8 Å². The third-order valence-electron chi connectivity index (χ3n) is 2.33. The molecule has 0 saturated carbocycles. The quantitative estimate of drug-likeness (QED) is 0.868. The van der Waals surface area contributed by atoms with Gasteiger partial charge in [-0.2, -0.15) is 0 Å². The number of amides is 1. The number of aromatic nitrogens is 3. The number of hydrogen-bond donors (Lipinski definition) is 1. The summed E-state index contributed by atoms with van der Waals surface area (Å²) in [6, 6.07) is 1.80. The number of carbonyl (C=O) groups excluding carboxylic acids is 1. The molecule has 0 bridgehead atoms. The molecule has 6 nitrogen and oxygen atoms in total. The largest absolute Gasteiger partial charge is 0.361 e. The van der Waals surface area contributed by atoms with Crippen molar-refractivity contribution in [2.75, 3.05) is 7.05 Å². The molecular weight excluding hydrogens is 220 g/mol. The van der Waals surface area contributed by atoms with E-state index in [1.807, 2.05) is 13.8 Å². The lowest BCUT2D eigenvalue weighted by atomic mass is 10.3. The van der Waals surface area contributed by atoms with Crippen LogP contribution in [0.5, 0.6) is 0 Å². The number of aryl methyl sites for hydroxylation is 2. The first-order chi connectivity index (χ1) is 8.06. The van der Waals surface area contributed by atoms with Gasteiger partial charge in [0.15, 0.2) is 5.82 Å². The maximum Gasteiger partial charge on any atom is 0.289 e. The molecular formula is C11H14N4O2. The van der Waals surface area contributed by atoms with Crippen LogP contribution in [-0.2, 0) is 6.54 Å². The zero-order valence-corrected chi connectivity index (χ0v) is 10.0. The van der Waals surface area contributed by atoms with Crippen molar-refractivity contribution in [3.63, 3.8) is 0 Å². The summed E-state index contributed by atoms with van der Waals surface area (Å²) in [4.78, 5) is 20.4. The summed E-state index contributed by atoms with van der Waals surface area (Å²) in [6.45, 7) is 4.06. The molecule has 0 spiro atoms. The van der Waals surface area contributed by atoms with Gasteiger partial charge in [0.25, 0.3) is 5.91 Å². The third-order valence-corrected chi connectivity index (χ3v) is 2.33. The van der Waals surface area contributed by atoms with Crippen molar-refractivity contribution >= 4 is 5.91 Å². The van der Waals surface area contributed by atoms with Crippen LogP contribution in [0.15, 0.2) is 16.8 Å². The summed E-state index contributed by atoms with van der Waals surface area (Å²) in [5.74, 6) is 0.902. The Morgan fingerprint density at radius 2 is 2.29 bits per heavy atom. The molecule has 0 aliphatic heterocycles. The van der Waals surface area contributed by atoms with E-state index in [0.717, 1.165) is 17.1 Å². The van der Waals surface area contributed by atoms with Crippen molar-refractivity contribution < 1.29 is 9.32 Å². The molecule has 1 N–H and O–H groups in total. The lowest BCUT2D eigenvalue weighted by molar-refractivity contribution is 0.0771. The molecule has 0 saturated heterocycles. The number of nitrogens with zero attached hydrogens (tertiary/aromatic N) is 3. The van der Waals surface area contributed by atoms with Gasteiger partial charge < -0.3 is 14.4 Å². The number of rotatable bonds is 3. The molecule has 2 aromatic rings. The van der Waals surface area contributed by atoms with E-state index < -0.39 is 0 Å². The SMILES string of the molecule is Cc1cnc(C(=O)N(C)Cc2cc(C)on2)[nH]1. The normalized spacial score (nSPS) is 10.5. The fourth-order valence-electron chi connectivity index (χ4n) is 1.51. The van der Waals surface area contributed by atoms with Gasteiger partial charge in [0.05, 0.1) is 6.54 Å². The van der Waals surface area contributed by atoms with Gasteiger partial charge in [-0.1, -0.05) is 5.16 Å². The Morgan fingerprint density at radius 3 is 2.82 bits per heavy atom. The average Bonchev–Trinajstić information content (AvgIpc) is 2.87. The van der Waals surface area contributed by atoms with Crippen LogP contribution >= 0.6 is 0 Å². The van der Waals surface area contributed by atoms with Gasteiger partial charge in [-0.15, -0.1) is 0 Å². The highest BCUT2D eigenvalue weighted by molar-refractivity contribution is 5.90. The molecule has 17 heavy (non-hydrogen) atoms. The Bertz CT molecular complexity index is 529. The maximum absolute atomic E-state index is 11.9. The summed E-state index contributed by atoms with van der Waals surface area (Å²) < 4.78 is 4.94. The monoisotopic (exact) mass is 234 g/mol. The predicted molar refractivity (Wildman–Crippen MR) is 60.4 cm³/mol. The molecule has 0 unspecified atom stereocenters. The molecule has 6 heteroatoms. The maximum atomic E-state index is 11.9. The van der Waals surface area contributed by atoms with Gasteiger partial charge in [0, 0.05) is 25.0 Å². The minimum Gasteiger partial charge on any atom is -0.361 e. The summed E-state index contributed by atoms with van der Waals surface area (Å²) in [5, 5.41) is 3.84. The van der Waals surface area contributed by atoms with Crippen LogP contribution in [0.4, 0.5) is 0 Å². The Morgan fingerprint density at radius 1 is 1.53 bits per heavy atom. The lowest BCUT2D eigenvalue weighted by Gasteiger charge is -2.13. The van der Waals surface area contributed by atoms with Gasteiger partial charge in [-0.3, -0.25) is 4.79 Å². The van der Waals surface area contributed by atoms with E-state index in [1.54, 1.807) is 19.3 Å². The minimum absolute atomic E-state index is 0.168. The number of imidazole rings is 1. The Hall–Kier alpha value is -2.11. The summed E-state index contributed by atoms with van der Waals surface area (Å²) in [5.41, 5.74) is 1.58. The smallest absolute Gasteiger partial charge is 0.289 e. The lowest BCUT2D eigenvalue weighted by Crippen LogP contribution is -2.27. The molecule has 0 aliphatic rings. The van der Waals surface area contributed by atoms with Crippen LogP contribution in [0.2, 0.25) is 0 Å². The zero-order chi connectivity index (χ0) is 12.4. The van der Waals surface area contributed by atoms with Gasteiger partial charge in [0.1, 0.15) is 11.5 Å². The van der Waals surface area contributed by atoms with Crippen LogP contribution in [0.3, 0.4) is 0 Å². The van der Waals surface area contributed by atoms with Gasteiger partial charge in [-0.05, 0) is 13.8 Å². The number of hydrogen-bond acceptors (Lipinski definition) is 4. The fourth-order valence-corrected chi connectivity index (χ4v) is 1.51. The molecule has 2 heterocycles. The van der Waals surface area contributed by atoms with E-state index in [-0.39, 0.29) is 5.91 Å². The van der Waals surface area contributed by atoms with E-state index >= 15 is 0 Å². The van der Waals surface area contributed by atoms with Gasteiger partial charge >= 0.3 is 0 Å². The average molecular weight is 234 g/mol. The van der Waals surface area contributed by atoms with Crippen LogP contribution in [0.25, 0.3) is 0 Å². The Labute approximate surface area is 98.6 Å². The molecule has 0 aliphatic carbocycles. The second-order valence-corrected chi connectivity index (χ2v) is 4.00. The highest BCUT2D eigenvalue weighted by atomic mass is 16.5.